The molecule has 0 radical (unpaired) electrons. The van der Waals surface area contributed by atoms with Gasteiger partial charge in [-0.3, -0.25) is 0 Å². The van der Waals surface area contributed by atoms with Gasteiger partial charge in [0.2, 0.25) is 0 Å². The van der Waals surface area contributed by atoms with Crippen LogP contribution in [0.5, 0.6) is 0 Å². The van der Waals surface area contributed by atoms with E-state index < -0.39 is 0 Å². The summed E-state index contributed by atoms with van der Waals surface area (Å²) in [5.74, 6) is 1.39. The van der Waals surface area contributed by atoms with Gasteiger partial charge in [0.05, 0.1) is 0 Å². The van der Waals surface area contributed by atoms with Crippen molar-refractivity contribution in [1.29, 1.82) is 0 Å². The predicted molar refractivity (Wildman–Crippen MR) is 101 cm³/mol. The minimum absolute atomic E-state index is 0.681. The average molecular weight is 325 g/mol. The Bertz CT molecular complexity index is 629. The van der Waals surface area contributed by atoms with Crippen LogP contribution in [-0.2, 0) is 6.42 Å². The molecule has 0 saturated heterocycles. The molecule has 1 aliphatic carbocycles. The molecular weight excluding hydrogens is 300 g/mol. The monoisotopic (exact) mass is 324 g/mol. The fourth-order valence-corrected chi connectivity index (χ4v) is 3.83. The number of hydrogen-bond acceptors (Lipinski definition) is 0. The van der Waals surface area contributed by atoms with Crippen LogP contribution in [0.1, 0.15) is 49.7 Å². The normalized spacial score (nSPS) is 21.7. The first-order chi connectivity index (χ1) is 11.3. The second-order valence-electron chi connectivity index (χ2n) is 6.60. The van der Waals surface area contributed by atoms with Crippen LogP contribution in [0.3, 0.4) is 0 Å². The van der Waals surface area contributed by atoms with Gasteiger partial charge in [0.1, 0.15) is 0 Å². The number of hydrogen-bond donors (Lipinski definition) is 0. The molecule has 0 heterocycles. The summed E-state index contributed by atoms with van der Waals surface area (Å²) in [5, 5.41) is 0. The molecule has 2 aromatic rings. The molecule has 3 rings (SSSR count). The number of aryl methyl sites for hydroxylation is 1. The minimum Gasteiger partial charge on any atom is -0.0933 e. The SMILES string of the molecule is CCc1ccc(-c2ccc(C3CCC(C=CCl)CC3)cc2)cc1. The van der Waals surface area contributed by atoms with E-state index in [0.29, 0.717) is 11.8 Å². The average Bonchev–Trinajstić information content (AvgIpc) is 2.63. The van der Waals surface area contributed by atoms with E-state index in [0.717, 1.165) is 6.42 Å². The van der Waals surface area contributed by atoms with E-state index in [-0.39, 0.29) is 0 Å². The van der Waals surface area contributed by atoms with Crippen LogP contribution in [0.4, 0.5) is 0 Å². The van der Waals surface area contributed by atoms with Crippen molar-refractivity contribution in [3.05, 3.63) is 71.3 Å². The Morgan fingerprint density at radius 1 is 0.870 bits per heavy atom. The molecule has 0 spiro atoms. The second kappa shape index (κ2) is 7.84. The largest absolute Gasteiger partial charge is 0.0933 e. The zero-order valence-corrected chi connectivity index (χ0v) is 14.6. The highest BCUT2D eigenvalue weighted by molar-refractivity contribution is 6.25. The van der Waals surface area contributed by atoms with Crippen molar-refractivity contribution in [1.82, 2.24) is 0 Å². The summed E-state index contributed by atoms with van der Waals surface area (Å²) in [6.07, 6.45) is 8.32. The lowest BCUT2D eigenvalue weighted by molar-refractivity contribution is 0.376. The van der Waals surface area contributed by atoms with Gasteiger partial charge in [0.15, 0.2) is 0 Å². The summed E-state index contributed by atoms with van der Waals surface area (Å²) in [5.41, 5.74) is 7.20. The van der Waals surface area contributed by atoms with Gasteiger partial charge in [-0.05, 0) is 66.2 Å². The molecule has 0 amide bonds. The van der Waals surface area contributed by atoms with E-state index in [4.69, 9.17) is 11.6 Å². The van der Waals surface area contributed by atoms with Crippen LogP contribution in [0, 0.1) is 5.92 Å². The van der Waals surface area contributed by atoms with E-state index in [1.54, 1.807) is 5.54 Å². The maximum Gasteiger partial charge on any atom is 0.000525 e. The quantitative estimate of drug-likeness (QED) is 0.571. The number of allylic oxidation sites excluding steroid dienone is 1. The molecule has 0 aliphatic heterocycles. The van der Waals surface area contributed by atoms with E-state index in [2.05, 4.69) is 61.5 Å². The first kappa shape index (κ1) is 16.3. The van der Waals surface area contributed by atoms with Crippen LogP contribution >= 0.6 is 11.6 Å². The van der Waals surface area contributed by atoms with Gasteiger partial charge in [-0.15, -0.1) is 0 Å². The maximum absolute atomic E-state index is 5.70. The minimum atomic E-state index is 0.681. The topological polar surface area (TPSA) is 0 Å². The van der Waals surface area contributed by atoms with Gasteiger partial charge >= 0.3 is 0 Å². The molecule has 2 aromatic carbocycles. The summed E-state index contributed by atoms with van der Waals surface area (Å²) in [7, 11) is 0. The Balaban J connectivity index is 1.67. The van der Waals surface area contributed by atoms with Crippen molar-refractivity contribution in [2.75, 3.05) is 0 Å². The van der Waals surface area contributed by atoms with Crippen molar-refractivity contribution < 1.29 is 0 Å². The zero-order chi connectivity index (χ0) is 16.1. The fourth-order valence-electron chi connectivity index (χ4n) is 3.63. The smallest absolute Gasteiger partial charge is 0.000525 e. The van der Waals surface area contributed by atoms with Gasteiger partial charge < -0.3 is 0 Å². The third kappa shape index (κ3) is 4.06. The first-order valence-corrected chi connectivity index (χ1v) is 9.20. The third-order valence-electron chi connectivity index (χ3n) is 5.19. The lowest BCUT2D eigenvalue weighted by Gasteiger charge is -2.27. The van der Waals surface area contributed by atoms with E-state index in [1.165, 1.54) is 47.9 Å². The number of rotatable bonds is 4. The Hall–Kier alpha value is -1.53. The molecule has 1 saturated carbocycles. The molecule has 1 heteroatoms. The van der Waals surface area contributed by atoms with E-state index in [9.17, 15) is 0 Å². The van der Waals surface area contributed by atoms with E-state index >= 15 is 0 Å². The summed E-state index contributed by atoms with van der Waals surface area (Å²) in [6.45, 7) is 2.20. The Morgan fingerprint density at radius 2 is 1.43 bits per heavy atom. The lowest BCUT2D eigenvalue weighted by atomic mass is 9.78. The summed E-state index contributed by atoms with van der Waals surface area (Å²) >= 11 is 5.70. The van der Waals surface area contributed by atoms with Crippen LogP contribution in [0.2, 0.25) is 0 Å². The van der Waals surface area contributed by atoms with Gasteiger partial charge in [0.25, 0.3) is 0 Å². The van der Waals surface area contributed by atoms with Crippen LogP contribution in [-0.4, -0.2) is 0 Å². The lowest BCUT2D eigenvalue weighted by Crippen LogP contribution is -2.11. The second-order valence-corrected chi connectivity index (χ2v) is 6.85. The molecule has 120 valence electrons. The van der Waals surface area contributed by atoms with Gasteiger partial charge in [-0.2, -0.15) is 0 Å². The third-order valence-corrected chi connectivity index (χ3v) is 5.34. The summed E-state index contributed by atoms with van der Waals surface area (Å²) in [4.78, 5) is 0. The van der Waals surface area contributed by atoms with Crippen molar-refractivity contribution in [3.8, 4) is 11.1 Å². The van der Waals surface area contributed by atoms with Crippen molar-refractivity contribution >= 4 is 11.6 Å². The molecule has 1 aliphatic rings. The zero-order valence-electron chi connectivity index (χ0n) is 13.8. The Kier molecular flexibility index (Phi) is 5.56. The highest BCUT2D eigenvalue weighted by atomic mass is 35.5. The molecule has 0 nitrogen and oxygen atoms in total. The van der Waals surface area contributed by atoms with E-state index in [1.807, 2.05) is 0 Å². The Morgan fingerprint density at radius 3 is 1.96 bits per heavy atom. The van der Waals surface area contributed by atoms with Crippen molar-refractivity contribution in [2.45, 2.75) is 44.9 Å². The fraction of sp³-hybridized carbons (Fsp3) is 0.364. The van der Waals surface area contributed by atoms with Gasteiger partial charge in [-0.25, -0.2) is 0 Å². The van der Waals surface area contributed by atoms with Gasteiger partial charge in [-0.1, -0.05) is 73.1 Å². The highest BCUT2D eigenvalue weighted by Gasteiger charge is 2.20. The molecular formula is C22H25Cl. The van der Waals surface area contributed by atoms with Crippen molar-refractivity contribution in [3.63, 3.8) is 0 Å². The predicted octanol–water partition coefficient (Wildman–Crippen LogP) is 6.94. The van der Waals surface area contributed by atoms with Crippen molar-refractivity contribution in [2.24, 2.45) is 5.92 Å². The molecule has 0 bridgehead atoms. The molecule has 0 unspecified atom stereocenters. The Labute approximate surface area is 145 Å². The standard InChI is InChI=1S/C22H25Cl/c1-2-17-3-7-19(8-4-17)21-11-13-22(14-12-21)20-9-5-18(6-10-20)15-16-23/h3-4,7-8,11-16,18,20H,2,5-6,9-10H2,1H3. The van der Waals surface area contributed by atoms with Crippen LogP contribution in [0.15, 0.2) is 60.1 Å². The molecule has 0 atom stereocenters. The highest BCUT2D eigenvalue weighted by Crippen LogP contribution is 2.37. The number of benzene rings is 2. The summed E-state index contributed by atoms with van der Waals surface area (Å²) < 4.78 is 0. The molecule has 23 heavy (non-hydrogen) atoms. The van der Waals surface area contributed by atoms with Gasteiger partial charge in [0, 0.05) is 5.54 Å². The summed E-state index contributed by atoms with van der Waals surface area (Å²) in [6, 6.07) is 18.1. The van der Waals surface area contributed by atoms with Crippen LogP contribution < -0.4 is 0 Å². The molecule has 0 aromatic heterocycles. The maximum atomic E-state index is 5.70. The first-order valence-electron chi connectivity index (χ1n) is 8.76. The number of halogens is 1. The van der Waals surface area contributed by atoms with Crippen LogP contribution in [0.25, 0.3) is 11.1 Å². The molecule has 0 N–H and O–H groups in total. The molecule has 1 fully saturated rings.